The van der Waals surface area contributed by atoms with Gasteiger partial charge in [-0.05, 0) is 51.4 Å². The number of phosphoric ester groups is 1. The zero-order valence-corrected chi connectivity index (χ0v) is 45.5. The fraction of sp³-hybridized carbons (Fsp3) is 0.860. The summed E-state index contributed by atoms with van der Waals surface area (Å²) in [7, 11) is 1.18. The Labute approximate surface area is 414 Å². The third-order valence-electron chi connectivity index (χ3n) is 12.4. The summed E-state index contributed by atoms with van der Waals surface area (Å²) in [5, 5.41) is 0. The van der Waals surface area contributed by atoms with E-state index < -0.39 is 26.5 Å². The molecule has 0 bridgehead atoms. The smallest absolute Gasteiger partial charge is 0.306 e. The van der Waals surface area contributed by atoms with E-state index >= 15 is 0 Å². The van der Waals surface area contributed by atoms with Crippen molar-refractivity contribution in [2.24, 2.45) is 0 Å². The van der Waals surface area contributed by atoms with Crippen molar-refractivity contribution in [1.29, 1.82) is 0 Å². The van der Waals surface area contributed by atoms with Crippen LogP contribution in [0.15, 0.2) is 36.5 Å². The third kappa shape index (κ3) is 53.4. The standard InChI is InChI=1S/C57H108NO8P/c1-6-8-10-12-14-16-18-20-21-22-23-24-25-26-27-28-29-30-31-32-33-34-35-36-37-38-40-42-44-46-48-50-57(60)66-55(54-65-67(61,62)64-52-51-58(3,4)5)53-63-56(59)49-47-45-43-41-39-19-17-15-13-11-9-7-2/h18,20,22-23,25-26,55H,6-17,19,21,24,27-54H2,1-5H3/b20-18-,23-22-,26-25-. The first kappa shape index (κ1) is 65.2. The van der Waals surface area contributed by atoms with Gasteiger partial charge < -0.3 is 27.9 Å². The number of phosphoric acid groups is 1. The maximum absolute atomic E-state index is 12.8. The first-order valence-corrected chi connectivity index (χ1v) is 29.7. The van der Waals surface area contributed by atoms with Gasteiger partial charge in [-0.3, -0.25) is 14.2 Å². The van der Waals surface area contributed by atoms with Crippen molar-refractivity contribution in [2.45, 2.75) is 270 Å². The molecule has 0 aliphatic carbocycles. The molecule has 0 fully saturated rings. The lowest BCUT2D eigenvalue weighted by molar-refractivity contribution is -0.870. The van der Waals surface area contributed by atoms with E-state index in [1.165, 1.54) is 180 Å². The quantitative estimate of drug-likeness (QED) is 0.0195. The number of hydrogen-bond donors (Lipinski definition) is 0. The van der Waals surface area contributed by atoms with E-state index in [1.807, 2.05) is 21.1 Å². The molecule has 0 heterocycles. The molecule has 394 valence electrons. The molecule has 9 nitrogen and oxygen atoms in total. The summed E-state index contributed by atoms with van der Waals surface area (Å²) in [6, 6.07) is 0. The van der Waals surface area contributed by atoms with Crippen molar-refractivity contribution in [2.75, 3.05) is 47.5 Å². The highest BCUT2D eigenvalue weighted by atomic mass is 31.2. The molecule has 0 rings (SSSR count). The predicted molar refractivity (Wildman–Crippen MR) is 282 cm³/mol. The van der Waals surface area contributed by atoms with Gasteiger partial charge in [-0.15, -0.1) is 0 Å². The Morgan fingerprint density at radius 3 is 1.19 bits per heavy atom. The SMILES string of the molecule is CCCCCCC/C=C\C/C=C\C/C=C\CCCCCCCCCCCCCCCCCCC(=O)OC(COC(=O)CCCCCCCCCCCCCC)COP(=O)([O-])OCC[N+](C)(C)C. The Kier molecular flexibility index (Phi) is 47.9. The molecule has 0 aliphatic heterocycles. The predicted octanol–water partition coefficient (Wildman–Crippen LogP) is 16.6. The van der Waals surface area contributed by atoms with E-state index in [-0.39, 0.29) is 32.0 Å². The molecular weight excluding hydrogens is 858 g/mol. The van der Waals surface area contributed by atoms with Crippen LogP contribution in [-0.4, -0.2) is 70.0 Å². The van der Waals surface area contributed by atoms with Crippen LogP contribution >= 0.6 is 7.82 Å². The number of hydrogen-bond acceptors (Lipinski definition) is 8. The van der Waals surface area contributed by atoms with Crippen LogP contribution in [0.4, 0.5) is 0 Å². The number of carbonyl (C=O) groups is 2. The fourth-order valence-electron chi connectivity index (χ4n) is 8.02. The van der Waals surface area contributed by atoms with Crippen molar-refractivity contribution >= 4 is 19.8 Å². The Balaban J connectivity index is 4.03. The van der Waals surface area contributed by atoms with Gasteiger partial charge >= 0.3 is 11.9 Å². The molecule has 0 aromatic carbocycles. The van der Waals surface area contributed by atoms with Crippen LogP contribution in [0.25, 0.3) is 0 Å². The summed E-state index contributed by atoms with van der Waals surface area (Å²) in [4.78, 5) is 37.7. The van der Waals surface area contributed by atoms with E-state index in [9.17, 15) is 19.0 Å². The topological polar surface area (TPSA) is 111 Å². The van der Waals surface area contributed by atoms with Crippen LogP contribution in [0.3, 0.4) is 0 Å². The second-order valence-electron chi connectivity index (χ2n) is 20.3. The van der Waals surface area contributed by atoms with Crippen molar-refractivity contribution in [3.05, 3.63) is 36.5 Å². The van der Waals surface area contributed by atoms with E-state index in [1.54, 1.807) is 0 Å². The summed E-state index contributed by atoms with van der Waals surface area (Å²) in [6.45, 7) is 4.25. The van der Waals surface area contributed by atoms with E-state index in [2.05, 4.69) is 50.3 Å². The van der Waals surface area contributed by atoms with Crippen molar-refractivity contribution in [1.82, 2.24) is 0 Å². The molecule has 67 heavy (non-hydrogen) atoms. The number of nitrogens with zero attached hydrogens (tertiary/aromatic N) is 1. The summed E-state index contributed by atoms with van der Waals surface area (Å²) in [5.41, 5.74) is 0. The van der Waals surface area contributed by atoms with Gasteiger partial charge in [-0.1, -0.05) is 237 Å². The molecule has 0 aromatic rings. The van der Waals surface area contributed by atoms with Crippen LogP contribution in [0.1, 0.15) is 264 Å². The molecule has 2 atom stereocenters. The van der Waals surface area contributed by atoms with Crippen molar-refractivity contribution in [3.8, 4) is 0 Å². The minimum Gasteiger partial charge on any atom is -0.756 e. The van der Waals surface area contributed by atoms with E-state index in [0.717, 1.165) is 51.4 Å². The van der Waals surface area contributed by atoms with Gasteiger partial charge in [0.05, 0.1) is 27.7 Å². The fourth-order valence-corrected chi connectivity index (χ4v) is 8.75. The minimum atomic E-state index is -4.63. The Bertz CT molecular complexity index is 1230. The zero-order valence-electron chi connectivity index (χ0n) is 44.6. The first-order valence-electron chi connectivity index (χ1n) is 28.2. The van der Waals surface area contributed by atoms with Gasteiger partial charge in [0.25, 0.3) is 7.82 Å². The van der Waals surface area contributed by atoms with E-state index in [4.69, 9.17) is 18.5 Å². The van der Waals surface area contributed by atoms with Crippen LogP contribution in [0.2, 0.25) is 0 Å². The lowest BCUT2D eigenvalue weighted by Gasteiger charge is -2.28. The Hall–Kier alpha value is -1.77. The van der Waals surface area contributed by atoms with Gasteiger partial charge in [0.2, 0.25) is 0 Å². The number of ether oxygens (including phenoxy) is 2. The normalized spacial score (nSPS) is 13.6. The van der Waals surface area contributed by atoms with Gasteiger partial charge in [-0.25, -0.2) is 0 Å². The first-order chi connectivity index (χ1) is 32.5. The van der Waals surface area contributed by atoms with Gasteiger partial charge in [0.15, 0.2) is 6.10 Å². The molecule has 0 N–H and O–H groups in total. The highest BCUT2D eigenvalue weighted by Crippen LogP contribution is 2.38. The summed E-state index contributed by atoms with van der Waals surface area (Å²) in [5.74, 6) is -0.823. The number of esters is 2. The number of quaternary nitrogens is 1. The molecule has 0 aromatic heterocycles. The molecule has 0 saturated carbocycles. The lowest BCUT2D eigenvalue weighted by Crippen LogP contribution is -2.37. The molecule has 0 spiro atoms. The summed E-state index contributed by atoms with van der Waals surface area (Å²) < 4.78 is 34.1. The Morgan fingerprint density at radius 1 is 0.463 bits per heavy atom. The number of allylic oxidation sites excluding steroid dienone is 6. The third-order valence-corrected chi connectivity index (χ3v) is 13.4. The molecule has 0 amide bonds. The number of carbonyl (C=O) groups excluding carboxylic acids is 2. The largest absolute Gasteiger partial charge is 0.756 e. The number of unbranched alkanes of at least 4 members (excludes halogenated alkanes) is 32. The highest BCUT2D eigenvalue weighted by molar-refractivity contribution is 7.45. The second kappa shape index (κ2) is 49.2. The maximum atomic E-state index is 12.8. The molecular formula is C57H108NO8P. The van der Waals surface area contributed by atoms with Crippen LogP contribution in [-0.2, 0) is 32.7 Å². The van der Waals surface area contributed by atoms with Crippen molar-refractivity contribution in [3.63, 3.8) is 0 Å². The molecule has 0 radical (unpaired) electrons. The average Bonchev–Trinajstić information content (AvgIpc) is 3.29. The molecule has 0 aliphatic rings. The Morgan fingerprint density at radius 2 is 0.806 bits per heavy atom. The zero-order chi connectivity index (χ0) is 49.2. The van der Waals surface area contributed by atoms with Crippen molar-refractivity contribution < 1.29 is 42.1 Å². The molecule has 2 unspecified atom stereocenters. The van der Waals surface area contributed by atoms with Crippen LogP contribution < -0.4 is 4.89 Å². The minimum absolute atomic E-state index is 0.0286. The number of likely N-dealkylation sites (N-methyl/N-ethyl adjacent to an activating group) is 1. The lowest BCUT2D eigenvalue weighted by atomic mass is 10.0. The summed E-state index contributed by atoms with van der Waals surface area (Å²) >= 11 is 0. The average molecular weight is 966 g/mol. The van der Waals surface area contributed by atoms with Crippen LogP contribution in [0.5, 0.6) is 0 Å². The second-order valence-corrected chi connectivity index (χ2v) is 21.7. The molecule has 10 heteroatoms. The van der Waals surface area contributed by atoms with Crippen LogP contribution in [0, 0.1) is 0 Å². The molecule has 0 saturated heterocycles. The van der Waals surface area contributed by atoms with E-state index in [0.29, 0.717) is 17.4 Å². The monoisotopic (exact) mass is 966 g/mol. The van der Waals surface area contributed by atoms with Gasteiger partial charge in [0, 0.05) is 12.8 Å². The summed E-state index contributed by atoms with van der Waals surface area (Å²) in [6.07, 6.45) is 59.1. The van der Waals surface area contributed by atoms with Gasteiger partial charge in [-0.2, -0.15) is 0 Å². The maximum Gasteiger partial charge on any atom is 0.306 e. The van der Waals surface area contributed by atoms with Gasteiger partial charge in [0.1, 0.15) is 19.8 Å². The highest BCUT2D eigenvalue weighted by Gasteiger charge is 2.22. The number of rotatable bonds is 52.